The lowest BCUT2D eigenvalue weighted by Crippen LogP contribution is -2.17. The Labute approximate surface area is 113 Å². The summed E-state index contributed by atoms with van der Waals surface area (Å²) < 4.78 is 0. The molecule has 1 saturated carbocycles. The van der Waals surface area contributed by atoms with Crippen molar-refractivity contribution < 1.29 is 4.79 Å². The molecular formula is C14H20N2OS. The molecule has 0 radical (unpaired) electrons. The number of hydrogen-bond donors (Lipinski definition) is 2. The van der Waals surface area contributed by atoms with Crippen molar-refractivity contribution in [3.63, 3.8) is 0 Å². The number of thioether (sulfide) groups is 1. The Morgan fingerprint density at radius 2 is 2.17 bits per heavy atom. The third-order valence-corrected chi connectivity index (χ3v) is 4.77. The minimum atomic E-state index is -0.0888. The van der Waals surface area contributed by atoms with Crippen LogP contribution in [-0.4, -0.2) is 18.7 Å². The van der Waals surface area contributed by atoms with Crippen molar-refractivity contribution in [2.24, 2.45) is 5.92 Å². The molecule has 0 aliphatic heterocycles. The topological polar surface area (TPSA) is 55.1 Å². The van der Waals surface area contributed by atoms with Gasteiger partial charge in [-0.05, 0) is 37.0 Å². The molecule has 18 heavy (non-hydrogen) atoms. The normalized spacial score (nSPS) is 15.8. The molecule has 4 heteroatoms. The number of anilines is 1. The van der Waals surface area contributed by atoms with E-state index in [1.54, 1.807) is 13.1 Å². The highest BCUT2D eigenvalue weighted by Gasteiger charge is 2.16. The number of rotatable bonds is 4. The maximum Gasteiger partial charge on any atom is 0.251 e. The van der Waals surface area contributed by atoms with Gasteiger partial charge < -0.3 is 11.1 Å². The molecule has 1 aromatic rings. The molecular weight excluding hydrogens is 244 g/mol. The molecule has 98 valence electrons. The summed E-state index contributed by atoms with van der Waals surface area (Å²) in [7, 11) is 1.63. The van der Waals surface area contributed by atoms with Gasteiger partial charge in [-0.2, -0.15) is 0 Å². The summed E-state index contributed by atoms with van der Waals surface area (Å²) in [6.07, 6.45) is 5.44. The van der Waals surface area contributed by atoms with E-state index >= 15 is 0 Å². The van der Waals surface area contributed by atoms with Gasteiger partial charge in [0.15, 0.2) is 0 Å². The van der Waals surface area contributed by atoms with E-state index in [1.807, 2.05) is 23.9 Å². The monoisotopic (exact) mass is 264 g/mol. The summed E-state index contributed by atoms with van der Waals surface area (Å²) in [6.45, 7) is 0. The second-order valence-corrected chi connectivity index (χ2v) is 5.86. The number of carbonyl (C=O) groups excluding carboxylic acids is 1. The van der Waals surface area contributed by atoms with Gasteiger partial charge in [-0.1, -0.05) is 12.8 Å². The maximum atomic E-state index is 11.5. The molecule has 1 amide bonds. The van der Waals surface area contributed by atoms with E-state index in [9.17, 15) is 4.79 Å². The highest BCUT2D eigenvalue weighted by Crippen LogP contribution is 2.33. The summed E-state index contributed by atoms with van der Waals surface area (Å²) in [6, 6.07) is 5.56. The third kappa shape index (κ3) is 3.19. The number of nitrogens with two attached hydrogens (primary N) is 1. The van der Waals surface area contributed by atoms with Crippen molar-refractivity contribution in [3.05, 3.63) is 23.8 Å². The van der Waals surface area contributed by atoms with Gasteiger partial charge in [0.1, 0.15) is 0 Å². The first-order chi connectivity index (χ1) is 8.70. The number of nitrogens with one attached hydrogen (secondary N) is 1. The van der Waals surface area contributed by atoms with Crippen molar-refractivity contribution in [2.45, 2.75) is 30.6 Å². The zero-order chi connectivity index (χ0) is 13.0. The Balaban J connectivity index is 1.98. The van der Waals surface area contributed by atoms with E-state index in [-0.39, 0.29) is 5.91 Å². The summed E-state index contributed by atoms with van der Waals surface area (Å²) in [5.41, 5.74) is 7.33. The van der Waals surface area contributed by atoms with Gasteiger partial charge in [-0.25, -0.2) is 0 Å². The number of hydrogen-bond acceptors (Lipinski definition) is 3. The molecule has 0 unspecified atom stereocenters. The Morgan fingerprint density at radius 1 is 1.44 bits per heavy atom. The van der Waals surface area contributed by atoms with Crippen molar-refractivity contribution in [2.75, 3.05) is 18.5 Å². The highest BCUT2D eigenvalue weighted by atomic mass is 32.2. The van der Waals surface area contributed by atoms with E-state index < -0.39 is 0 Å². The van der Waals surface area contributed by atoms with Crippen LogP contribution < -0.4 is 11.1 Å². The van der Waals surface area contributed by atoms with Crippen LogP contribution in [0.3, 0.4) is 0 Å². The average molecular weight is 264 g/mol. The van der Waals surface area contributed by atoms with Crippen molar-refractivity contribution in [1.82, 2.24) is 5.32 Å². The molecule has 0 heterocycles. The highest BCUT2D eigenvalue weighted by molar-refractivity contribution is 7.99. The van der Waals surface area contributed by atoms with Crippen LogP contribution in [0, 0.1) is 5.92 Å². The van der Waals surface area contributed by atoms with Gasteiger partial charge in [-0.15, -0.1) is 11.8 Å². The zero-order valence-corrected chi connectivity index (χ0v) is 11.6. The Kier molecular flexibility index (Phi) is 4.53. The lowest BCUT2D eigenvalue weighted by molar-refractivity contribution is 0.0963. The van der Waals surface area contributed by atoms with E-state index in [4.69, 9.17) is 5.73 Å². The Bertz CT molecular complexity index is 428. The molecule has 2 rings (SSSR count). The van der Waals surface area contributed by atoms with Crippen LogP contribution in [0.15, 0.2) is 23.1 Å². The second-order valence-electron chi connectivity index (χ2n) is 4.79. The molecule has 0 atom stereocenters. The Hall–Kier alpha value is -1.16. The van der Waals surface area contributed by atoms with Gasteiger partial charge in [0.2, 0.25) is 0 Å². The van der Waals surface area contributed by atoms with Crippen molar-refractivity contribution in [3.8, 4) is 0 Å². The summed E-state index contributed by atoms with van der Waals surface area (Å²) in [5, 5.41) is 2.60. The van der Waals surface area contributed by atoms with Gasteiger partial charge >= 0.3 is 0 Å². The average Bonchev–Trinajstić information content (AvgIpc) is 2.89. The van der Waals surface area contributed by atoms with E-state index in [1.165, 1.54) is 25.7 Å². The third-order valence-electron chi connectivity index (χ3n) is 3.45. The molecule has 3 nitrogen and oxygen atoms in total. The molecule has 0 spiro atoms. The van der Waals surface area contributed by atoms with Crippen LogP contribution in [0.4, 0.5) is 5.69 Å². The Morgan fingerprint density at radius 3 is 2.78 bits per heavy atom. The van der Waals surface area contributed by atoms with Crippen LogP contribution in [0.2, 0.25) is 0 Å². The van der Waals surface area contributed by atoms with E-state index in [0.717, 1.165) is 16.6 Å². The predicted octanol–water partition coefficient (Wildman–Crippen LogP) is 2.91. The number of carbonyl (C=O) groups is 1. The zero-order valence-electron chi connectivity index (χ0n) is 10.7. The van der Waals surface area contributed by atoms with E-state index in [2.05, 4.69) is 5.32 Å². The lowest BCUT2D eigenvalue weighted by atomic mass is 10.1. The quantitative estimate of drug-likeness (QED) is 0.649. The maximum absolute atomic E-state index is 11.5. The minimum Gasteiger partial charge on any atom is -0.398 e. The fourth-order valence-corrected chi connectivity index (χ4v) is 3.49. The second kappa shape index (κ2) is 6.14. The van der Waals surface area contributed by atoms with E-state index in [0.29, 0.717) is 11.3 Å². The predicted molar refractivity (Wildman–Crippen MR) is 76.9 cm³/mol. The number of nitrogen functional groups attached to an aromatic ring is 1. The summed E-state index contributed by atoms with van der Waals surface area (Å²) >= 11 is 1.82. The largest absolute Gasteiger partial charge is 0.398 e. The van der Waals surface area contributed by atoms with Gasteiger partial charge in [0.05, 0.1) is 0 Å². The van der Waals surface area contributed by atoms with Crippen molar-refractivity contribution in [1.29, 1.82) is 0 Å². The van der Waals surface area contributed by atoms with Crippen LogP contribution in [-0.2, 0) is 0 Å². The smallest absolute Gasteiger partial charge is 0.251 e. The molecule has 1 aromatic carbocycles. The van der Waals surface area contributed by atoms with Gasteiger partial charge in [0, 0.05) is 28.9 Å². The number of benzene rings is 1. The lowest BCUT2D eigenvalue weighted by Gasteiger charge is -2.11. The molecule has 0 saturated heterocycles. The number of amides is 1. The van der Waals surface area contributed by atoms with Crippen LogP contribution in [0.5, 0.6) is 0 Å². The standard InChI is InChI=1S/C14H20N2OS/c1-16-14(17)11-6-7-13(12(15)8-11)18-9-10-4-2-3-5-10/h6-8,10H,2-5,9,15H2,1H3,(H,16,17). The molecule has 0 bridgehead atoms. The summed E-state index contributed by atoms with van der Waals surface area (Å²) in [5.74, 6) is 1.89. The van der Waals surface area contributed by atoms with Crippen LogP contribution in [0.1, 0.15) is 36.0 Å². The molecule has 3 N–H and O–H groups in total. The van der Waals surface area contributed by atoms with Gasteiger partial charge in [0.25, 0.3) is 5.91 Å². The first kappa shape index (κ1) is 13.3. The van der Waals surface area contributed by atoms with Crippen molar-refractivity contribution >= 4 is 23.4 Å². The molecule has 1 aliphatic rings. The molecule has 0 aromatic heterocycles. The molecule has 1 aliphatic carbocycles. The minimum absolute atomic E-state index is 0.0888. The van der Waals surface area contributed by atoms with Gasteiger partial charge in [-0.3, -0.25) is 4.79 Å². The fraction of sp³-hybridized carbons (Fsp3) is 0.500. The summed E-state index contributed by atoms with van der Waals surface area (Å²) in [4.78, 5) is 12.6. The first-order valence-electron chi connectivity index (χ1n) is 6.45. The fourth-order valence-electron chi connectivity index (χ4n) is 2.35. The van der Waals surface area contributed by atoms with Crippen LogP contribution in [0.25, 0.3) is 0 Å². The SMILES string of the molecule is CNC(=O)c1ccc(SCC2CCCC2)c(N)c1. The molecule has 1 fully saturated rings. The van der Waals surface area contributed by atoms with Crippen LogP contribution >= 0.6 is 11.8 Å². The first-order valence-corrected chi connectivity index (χ1v) is 7.43.